The first-order chi connectivity index (χ1) is 13.4. The molecule has 8 nitrogen and oxygen atoms in total. The number of rotatable bonds is 6. The monoisotopic (exact) mass is 399 g/mol. The highest BCUT2D eigenvalue weighted by molar-refractivity contribution is 7.80. The van der Waals surface area contributed by atoms with Crippen molar-refractivity contribution in [3.63, 3.8) is 0 Å². The fourth-order valence-corrected chi connectivity index (χ4v) is 2.67. The molecule has 1 fully saturated rings. The number of anilines is 1. The molecule has 146 valence electrons. The van der Waals surface area contributed by atoms with Crippen LogP contribution >= 0.6 is 12.2 Å². The maximum Gasteiger partial charge on any atom is 0.293 e. The Morgan fingerprint density at radius 2 is 1.96 bits per heavy atom. The molecule has 2 aromatic carbocycles. The van der Waals surface area contributed by atoms with Gasteiger partial charge in [0.15, 0.2) is 5.11 Å². The van der Waals surface area contributed by atoms with Crippen LogP contribution in [-0.2, 0) is 6.54 Å². The summed E-state index contributed by atoms with van der Waals surface area (Å²) in [6.07, 6.45) is 2.00. The summed E-state index contributed by atoms with van der Waals surface area (Å²) in [5.41, 5.74) is 4.17. The Hall–Kier alpha value is -3.20. The van der Waals surface area contributed by atoms with E-state index in [9.17, 15) is 14.9 Å². The van der Waals surface area contributed by atoms with Crippen molar-refractivity contribution in [3.05, 3.63) is 69.8 Å². The van der Waals surface area contributed by atoms with Crippen LogP contribution in [0.15, 0.2) is 48.5 Å². The van der Waals surface area contributed by atoms with Gasteiger partial charge >= 0.3 is 0 Å². The van der Waals surface area contributed by atoms with E-state index in [4.69, 9.17) is 12.2 Å². The van der Waals surface area contributed by atoms with Gasteiger partial charge in [-0.1, -0.05) is 30.3 Å². The largest absolute Gasteiger partial charge is 0.377 e. The molecule has 1 aliphatic carbocycles. The predicted molar refractivity (Wildman–Crippen MR) is 111 cm³/mol. The van der Waals surface area contributed by atoms with Crippen molar-refractivity contribution in [2.24, 2.45) is 0 Å². The first-order valence-corrected chi connectivity index (χ1v) is 9.26. The second kappa shape index (κ2) is 8.66. The zero-order valence-corrected chi connectivity index (χ0v) is 16.2. The zero-order chi connectivity index (χ0) is 20.1. The van der Waals surface area contributed by atoms with Crippen molar-refractivity contribution < 1.29 is 9.72 Å². The van der Waals surface area contributed by atoms with Gasteiger partial charge in [-0.3, -0.25) is 25.3 Å². The van der Waals surface area contributed by atoms with Gasteiger partial charge in [0.05, 0.1) is 4.92 Å². The number of carbonyl (C=O) groups is 1. The van der Waals surface area contributed by atoms with Gasteiger partial charge in [0.25, 0.3) is 11.6 Å². The molecule has 0 bridgehead atoms. The summed E-state index contributed by atoms with van der Waals surface area (Å²) < 4.78 is 0. The van der Waals surface area contributed by atoms with E-state index in [1.165, 1.54) is 11.1 Å². The molecule has 0 unspecified atom stereocenters. The molecule has 3 N–H and O–H groups in total. The van der Waals surface area contributed by atoms with Gasteiger partial charge in [-0.05, 0) is 42.8 Å². The number of nitrogens with one attached hydrogen (secondary N) is 3. The van der Waals surface area contributed by atoms with Crippen molar-refractivity contribution in [2.75, 3.05) is 12.4 Å². The second-order valence-electron chi connectivity index (χ2n) is 6.55. The summed E-state index contributed by atoms with van der Waals surface area (Å²) in [5, 5.41) is 19.2. The van der Waals surface area contributed by atoms with Crippen LogP contribution in [0, 0.1) is 10.1 Å². The molecule has 3 rings (SSSR count). The Balaban J connectivity index is 1.60. The molecule has 0 atom stereocenters. The number of thiocarbonyl (C=S) groups is 1. The third-order valence-electron chi connectivity index (χ3n) is 4.25. The number of hydrazine groups is 1. The van der Waals surface area contributed by atoms with Gasteiger partial charge in [0.2, 0.25) is 0 Å². The third-order valence-corrected chi connectivity index (χ3v) is 4.67. The fourth-order valence-electron chi connectivity index (χ4n) is 2.55. The maximum absolute atomic E-state index is 12.5. The van der Waals surface area contributed by atoms with E-state index in [1.807, 2.05) is 30.3 Å². The van der Waals surface area contributed by atoms with Crippen molar-refractivity contribution >= 4 is 34.6 Å². The minimum atomic E-state index is -0.489. The fraction of sp³-hybridized carbons (Fsp3) is 0.263. The Labute approximate surface area is 168 Å². The molecule has 1 aliphatic rings. The Bertz CT molecular complexity index is 886. The number of hydrogen-bond donors (Lipinski definition) is 3. The number of carbonyl (C=O) groups excluding carboxylic acids is 1. The van der Waals surface area contributed by atoms with Gasteiger partial charge in [0, 0.05) is 31.3 Å². The molecule has 0 heterocycles. The third kappa shape index (κ3) is 5.17. The number of nitrogens with zero attached hydrogens (tertiary/aromatic N) is 2. The van der Waals surface area contributed by atoms with Crippen LogP contribution in [0.2, 0.25) is 0 Å². The minimum absolute atomic E-state index is 0.119. The van der Waals surface area contributed by atoms with Crippen LogP contribution in [0.5, 0.6) is 0 Å². The number of nitro benzene ring substituents is 1. The maximum atomic E-state index is 12.5. The van der Waals surface area contributed by atoms with Crippen LogP contribution in [0.1, 0.15) is 28.8 Å². The summed E-state index contributed by atoms with van der Waals surface area (Å²) in [4.78, 5) is 23.3. The van der Waals surface area contributed by atoms with Gasteiger partial charge in [0.1, 0.15) is 5.69 Å². The average Bonchev–Trinajstić information content (AvgIpc) is 3.51. The van der Waals surface area contributed by atoms with Crippen molar-refractivity contribution in [1.82, 2.24) is 15.8 Å². The molecule has 2 aromatic rings. The van der Waals surface area contributed by atoms with E-state index in [-0.39, 0.29) is 17.3 Å². The van der Waals surface area contributed by atoms with E-state index < -0.39 is 10.8 Å². The van der Waals surface area contributed by atoms with E-state index in [0.29, 0.717) is 17.3 Å². The van der Waals surface area contributed by atoms with E-state index in [1.54, 1.807) is 19.2 Å². The van der Waals surface area contributed by atoms with Gasteiger partial charge in [-0.15, -0.1) is 0 Å². The zero-order valence-electron chi connectivity index (χ0n) is 15.3. The molecule has 0 aliphatic heterocycles. The molecule has 1 amide bonds. The van der Waals surface area contributed by atoms with Crippen LogP contribution in [0.4, 0.5) is 11.4 Å². The topological polar surface area (TPSA) is 99.5 Å². The van der Waals surface area contributed by atoms with Gasteiger partial charge in [-0.25, -0.2) is 0 Å². The Morgan fingerprint density at radius 1 is 1.25 bits per heavy atom. The molecule has 1 saturated carbocycles. The predicted octanol–water partition coefficient (Wildman–Crippen LogP) is 2.82. The molecular weight excluding hydrogens is 378 g/mol. The van der Waals surface area contributed by atoms with E-state index in [2.05, 4.69) is 16.1 Å². The molecule has 0 aromatic heterocycles. The highest BCUT2D eigenvalue weighted by atomic mass is 32.1. The molecule has 0 saturated heterocycles. The number of hydrogen-bond acceptors (Lipinski definition) is 5. The molecule has 9 heteroatoms. The lowest BCUT2D eigenvalue weighted by Crippen LogP contribution is -2.47. The van der Waals surface area contributed by atoms with Crippen molar-refractivity contribution in [2.45, 2.75) is 25.4 Å². The van der Waals surface area contributed by atoms with E-state index in [0.717, 1.165) is 18.4 Å². The quantitative estimate of drug-likeness (QED) is 0.390. The van der Waals surface area contributed by atoms with Crippen molar-refractivity contribution in [1.29, 1.82) is 0 Å². The number of nitro groups is 1. The summed E-state index contributed by atoms with van der Waals surface area (Å²) >= 11 is 5.27. The molecule has 28 heavy (non-hydrogen) atoms. The lowest BCUT2D eigenvalue weighted by Gasteiger charge is -2.22. The first-order valence-electron chi connectivity index (χ1n) is 8.85. The minimum Gasteiger partial charge on any atom is -0.377 e. The second-order valence-corrected chi connectivity index (χ2v) is 6.94. The Kier molecular flexibility index (Phi) is 6.05. The van der Waals surface area contributed by atoms with Gasteiger partial charge in [-0.2, -0.15) is 0 Å². The smallest absolute Gasteiger partial charge is 0.293 e. The molecule has 0 radical (unpaired) electrons. The van der Waals surface area contributed by atoms with Crippen molar-refractivity contribution in [3.8, 4) is 0 Å². The van der Waals surface area contributed by atoms with Gasteiger partial charge < -0.3 is 10.6 Å². The van der Waals surface area contributed by atoms with E-state index >= 15 is 0 Å². The summed E-state index contributed by atoms with van der Waals surface area (Å²) in [5.74, 6) is -0.479. The van der Waals surface area contributed by atoms with Crippen LogP contribution in [0.25, 0.3) is 0 Å². The summed E-state index contributed by atoms with van der Waals surface area (Å²) in [6.45, 7) is 0.521. The van der Waals surface area contributed by atoms with Crippen LogP contribution in [-0.4, -0.2) is 34.0 Å². The van der Waals surface area contributed by atoms with Crippen LogP contribution in [0.3, 0.4) is 0 Å². The highest BCUT2D eigenvalue weighted by Crippen LogP contribution is 2.31. The summed E-state index contributed by atoms with van der Waals surface area (Å²) in [7, 11) is 1.61. The molecule has 0 spiro atoms. The molecular formula is C19H21N5O3S. The first kappa shape index (κ1) is 19.6. The standard InChI is InChI=1S/C19H21N5O3S/c1-23(19(28)20-12-13-5-3-2-4-6-13)22-18(25)14-7-10-16(21-15-8-9-15)17(11-14)24(26)27/h2-7,10-11,15,21H,8-9,12H2,1H3,(H,20,28)(H,22,25). The number of benzene rings is 2. The Morgan fingerprint density at radius 3 is 2.61 bits per heavy atom. The SMILES string of the molecule is CN(NC(=O)c1ccc(NC2CC2)c([N+](=O)[O-])c1)C(=S)NCc1ccccc1. The highest BCUT2D eigenvalue weighted by Gasteiger charge is 2.25. The van der Waals surface area contributed by atoms with Crippen LogP contribution < -0.4 is 16.1 Å². The lowest BCUT2D eigenvalue weighted by atomic mass is 10.1. The number of amides is 1. The lowest BCUT2D eigenvalue weighted by molar-refractivity contribution is -0.384. The average molecular weight is 399 g/mol. The normalized spacial score (nSPS) is 12.8. The summed E-state index contributed by atoms with van der Waals surface area (Å²) in [6, 6.07) is 14.4.